The molecule has 2 bridgehead atoms. The topological polar surface area (TPSA) is 185 Å². The molecule has 0 radical (unpaired) electrons. The van der Waals surface area contributed by atoms with Crippen LogP contribution in [0.15, 0.2) is 54.7 Å². The van der Waals surface area contributed by atoms with E-state index in [2.05, 4.69) is 105 Å². The van der Waals surface area contributed by atoms with Crippen molar-refractivity contribution >= 4 is 73.4 Å². The fraction of sp³-hybridized carbons (Fsp3) is 0.618. The Balaban J connectivity index is 0.778. The zero-order valence-electron chi connectivity index (χ0n) is 60.4. The Morgan fingerprint density at radius 2 is 1.56 bits per heavy atom. The average molecular weight is 1380 g/mol. The standard InChI is InChI=1S/C76H105FN10O9Si2/c1-14-97(15-2,16-3)96-64-40-57-44-85(45-63(64)87(57)74(91)95-75(10,11)12)70-61-42-78-68(60-41-58(94-48-92-13)39-54-19-17-18-53(66(54)60)27-37-98(49(4)5,50(6)7)51(8)9)67(77)69(61)80-73(81-70)93-47-76(28-29-76)46-83-31-25-52(26-32-83)24-30-82-33-35-84(36-34-82)56-20-21-59-55(38-56)43-86(72(59)90)62-22-23-65(88)79-71(62)89/h17-21,38-39,41-42,49-52,57,62-64H,14-16,22-26,28-36,40,43-48H2,1-13H3,(H,79,88,89)/t57-,62-,63-,64-/m0/s1. The molecule has 98 heavy (non-hydrogen) atoms. The second-order valence-corrected chi connectivity index (χ2v) is 41.4. The van der Waals surface area contributed by atoms with Crippen molar-refractivity contribution in [1.82, 2.24) is 39.9 Å². The molecule has 2 aromatic heterocycles. The second kappa shape index (κ2) is 29.1. The number of amides is 4. The summed E-state index contributed by atoms with van der Waals surface area (Å²) in [4.78, 5) is 80.8. The van der Waals surface area contributed by atoms with E-state index < -0.39 is 39.8 Å². The van der Waals surface area contributed by atoms with Gasteiger partial charge in [-0.3, -0.25) is 34.5 Å². The first-order chi connectivity index (χ1) is 46.9. The van der Waals surface area contributed by atoms with Gasteiger partial charge in [0.15, 0.2) is 20.9 Å². The number of imide groups is 1. The number of halogens is 1. The number of nitrogens with one attached hydrogen (secondary N) is 1. The third kappa shape index (κ3) is 14.6. The number of methoxy groups -OCH3 is 1. The Kier molecular flexibility index (Phi) is 21.1. The molecular weight excluding hydrogens is 1270 g/mol. The van der Waals surface area contributed by atoms with Gasteiger partial charge in [0.25, 0.3) is 5.91 Å². The smallest absolute Gasteiger partial charge is 0.411 e. The summed E-state index contributed by atoms with van der Waals surface area (Å²) in [5.41, 5.74) is 8.58. The summed E-state index contributed by atoms with van der Waals surface area (Å²) in [6.07, 6.45) is 7.84. The lowest BCUT2D eigenvalue weighted by molar-refractivity contribution is -0.136. The Morgan fingerprint density at radius 3 is 2.22 bits per heavy atom. The number of hydrogen-bond acceptors (Lipinski definition) is 16. The number of carbonyl (C=O) groups excluding carboxylic acids is 4. The maximum Gasteiger partial charge on any atom is 0.411 e. The van der Waals surface area contributed by atoms with Gasteiger partial charge in [-0.1, -0.05) is 80.4 Å². The first-order valence-electron chi connectivity index (χ1n) is 36.5. The summed E-state index contributed by atoms with van der Waals surface area (Å²) < 4.78 is 50.4. The van der Waals surface area contributed by atoms with Gasteiger partial charge in [-0.25, -0.2) is 9.18 Å². The Morgan fingerprint density at radius 1 is 0.837 bits per heavy atom. The summed E-state index contributed by atoms with van der Waals surface area (Å²) in [5, 5.41) is 4.46. The number of nitrogens with zero attached hydrogens (tertiary/aromatic N) is 9. The van der Waals surface area contributed by atoms with Gasteiger partial charge >= 0.3 is 12.1 Å². The van der Waals surface area contributed by atoms with Gasteiger partial charge in [0.05, 0.1) is 30.2 Å². The predicted octanol–water partition coefficient (Wildman–Crippen LogP) is 13.0. The number of benzene rings is 3. The SMILES string of the molecule is CC[Si](CC)(CC)O[C@H]1C[C@H]2CN(c3nc(OCC4(CN5CCC(CCN6CCN(c7ccc8c(c7)CN([C@H]7CCC(=O)NC7=O)C8=O)CC6)CC5)CC4)nc4c(F)c(-c5cc(OCOC)cc6cccc(C#C[Si](C(C)C)(C(C)C)C(C)C)c56)ncc34)C[C@@H]1N2C(=O)OC(C)(C)C. The molecule has 8 heterocycles. The lowest BCUT2D eigenvalue weighted by Gasteiger charge is -2.43. The number of piperidine rings is 2. The van der Waals surface area contributed by atoms with E-state index in [-0.39, 0.29) is 71.9 Å². The van der Waals surface area contributed by atoms with E-state index in [9.17, 15) is 19.2 Å². The van der Waals surface area contributed by atoms with Gasteiger partial charge in [0.2, 0.25) is 11.8 Å². The van der Waals surface area contributed by atoms with Gasteiger partial charge in [0.1, 0.15) is 42.5 Å². The second-order valence-electron chi connectivity index (χ2n) is 31.1. The highest BCUT2D eigenvalue weighted by Crippen LogP contribution is 2.49. The van der Waals surface area contributed by atoms with Crippen LogP contribution in [0.25, 0.3) is 32.9 Å². The maximum atomic E-state index is 18.6. The number of rotatable bonds is 23. The van der Waals surface area contributed by atoms with Gasteiger partial charge in [-0.05, 0) is 173 Å². The number of hydrogen-bond donors (Lipinski definition) is 1. The predicted molar refractivity (Wildman–Crippen MR) is 387 cm³/mol. The van der Waals surface area contributed by atoms with Gasteiger partial charge in [-0.2, -0.15) is 9.97 Å². The van der Waals surface area contributed by atoms with Crippen LogP contribution < -0.4 is 24.6 Å². The lowest BCUT2D eigenvalue weighted by Crippen LogP contribution is -2.59. The molecule has 19 nitrogen and oxygen atoms in total. The highest BCUT2D eigenvalue weighted by atomic mass is 28.4. The Labute approximate surface area is 581 Å². The first kappa shape index (κ1) is 71.1. The van der Waals surface area contributed by atoms with E-state index in [0.717, 1.165) is 130 Å². The molecule has 3 aromatic carbocycles. The number of aromatic nitrogens is 3. The number of pyridine rings is 1. The molecule has 12 rings (SSSR count). The van der Waals surface area contributed by atoms with Gasteiger partial charge in [-0.15, -0.1) is 5.54 Å². The van der Waals surface area contributed by atoms with Crippen LogP contribution >= 0.6 is 0 Å². The highest BCUT2D eigenvalue weighted by molar-refractivity contribution is 6.90. The van der Waals surface area contributed by atoms with E-state index in [1.54, 1.807) is 18.2 Å². The quantitative estimate of drug-likeness (QED) is 0.0282. The van der Waals surface area contributed by atoms with Crippen LogP contribution in [0.2, 0.25) is 34.8 Å². The molecule has 1 aliphatic carbocycles. The summed E-state index contributed by atoms with van der Waals surface area (Å²) in [6.45, 7) is 35.6. The molecular formula is C76H105FN10O9Si2. The van der Waals surface area contributed by atoms with Crippen LogP contribution in [-0.2, 0) is 30.0 Å². The third-order valence-corrected chi connectivity index (χ3v) is 34.0. The van der Waals surface area contributed by atoms with Crippen molar-refractivity contribution in [1.29, 1.82) is 0 Å². The average Bonchev–Trinajstić information content (AvgIpc) is 1.15. The fourth-order valence-corrected chi connectivity index (χ4v) is 25.3. The van der Waals surface area contributed by atoms with E-state index in [1.807, 2.05) is 68.1 Å². The van der Waals surface area contributed by atoms with Gasteiger partial charge < -0.3 is 43.0 Å². The number of ether oxygens (including phenoxy) is 4. The molecule has 528 valence electrons. The number of carbonyl (C=O) groups is 4. The van der Waals surface area contributed by atoms with Crippen LogP contribution in [0, 0.1) is 28.6 Å². The van der Waals surface area contributed by atoms with Gasteiger partial charge in [0, 0.05) is 105 Å². The number of fused-ring (bicyclic) bond motifs is 5. The molecule has 4 amide bonds. The molecule has 4 atom stereocenters. The lowest BCUT2D eigenvalue weighted by atomic mass is 9.92. The summed E-state index contributed by atoms with van der Waals surface area (Å²) in [6, 6.07) is 17.7. The zero-order chi connectivity index (χ0) is 69.6. The van der Waals surface area contributed by atoms with E-state index in [1.165, 1.54) is 0 Å². The summed E-state index contributed by atoms with van der Waals surface area (Å²) in [5.74, 6) is 3.93. The van der Waals surface area contributed by atoms with Crippen molar-refractivity contribution in [2.45, 2.75) is 206 Å². The van der Waals surface area contributed by atoms with Crippen molar-refractivity contribution in [3.8, 4) is 34.5 Å². The minimum absolute atomic E-state index is 0.00121. The zero-order valence-corrected chi connectivity index (χ0v) is 62.4. The van der Waals surface area contributed by atoms with Crippen molar-refractivity contribution < 1.29 is 46.9 Å². The third-order valence-electron chi connectivity index (χ3n) is 23.1. The van der Waals surface area contributed by atoms with Crippen molar-refractivity contribution in [3.63, 3.8) is 0 Å². The largest absolute Gasteiger partial charge is 0.468 e. The van der Waals surface area contributed by atoms with E-state index in [0.29, 0.717) is 89.7 Å². The highest BCUT2D eigenvalue weighted by Gasteiger charge is 2.53. The number of piperazine rings is 2. The van der Waals surface area contributed by atoms with Crippen LogP contribution in [0.1, 0.15) is 156 Å². The van der Waals surface area contributed by atoms with Crippen LogP contribution in [0.5, 0.6) is 11.8 Å². The van der Waals surface area contributed by atoms with Crippen molar-refractivity contribution in [2.75, 3.05) is 95.8 Å². The van der Waals surface area contributed by atoms with Crippen LogP contribution in [-0.4, -0.2) is 191 Å². The van der Waals surface area contributed by atoms with Crippen molar-refractivity contribution in [2.24, 2.45) is 11.3 Å². The Bertz CT molecular complexity index is 3820. The minimum Gasteiger partial charge on any atom is -0.468 e. The molecule has 6 fully saturated rings. The van der Waals surface area contributed by atoms with E-state index >= 15 is 4.39 Å². The van der Waals surface area contributed by atoms with Crippen molar-refractivity contribution in [3.05, 3.63) is 77.2 Å². The number of likely N-dealkylation sites (tertiary alicyclic amines) is 1. The molecule has 6 aliphatic heterocycles. The molecule has 0 unspecified atom stereocenters. The van der Waals surface area contributed by atoms with Crippen LogP contribution in [0.3, 0.4) is 0 Å². The molecule has 5 aromatic rings. The van der Waals surface area contributed by atoms with E-state index in [4.69, 9.17) is 38.3 Å². The molecule has 5 saturated heterocycles. The normalized spacial score (nSPS) is 21.8. The van der Waals surface area contributed by atoms with Crippen LogP contribution in [0.4, 0.5) is 20.7 Å². The summed E-state index contributed by atoms with van der Waals surface area (Å²) >= 11 is 0. The Hall–Kier alpha value is -6.75. The first-order valence-corrected chi connectivity index (χ1v) is 41.3. The fourth-order valence-electron chi connectivity index (χ4n) is 17.2. The molecule has 7 aliphatic rings. The monoisotopic (exact) mass is 1380 g/mol. The molecule has 1 saturated carbocycles. The summed E-state index contributed by atoms with van der Waals surface area (Å²) in [7, 11) is -2.76. The maximum absolute atomic E-state index is 18.6. The molecule has 0 spiro atoms. The molecule has 1 N–H and O–H groups in total. The molecule has 22 heteroatoms. The number of anilines is 2. The minimum atomic E-state index is -2.19.